The molecule has 0 saturated carbocycles. The van der Waals surface area contributed by atoms with Crippen LogP contribution >= 0.6 is 23.2 Å². The second-order valence-electron chi connectivity index (χ2n) is 5.11. The van der Waals surface area contributed by atoms with Crippen LogP contribution in [0.15, 0.2) is 18.2 Å². The third-order valence-corrected chi connectivity index (χ3v) is 4.19. The summed E-state index contributed by atoms with van der Waals surface area (Å²) in [6.07, 6.45) is 1.21. The highest BCUT2D eigenvalue weighted by molar-refractivity contribution is 6.36. The van der Waals surface area contributed by atoms with Crippen LogP contribution < -0.4 is 10.6 Å². The SMILES string of the molecule is O=C(CCCN1C(=O)CNC1=O)NCCc1c(Cl)cccc1Cl. The average molecular weight is 358 g/mol. The van der Waals surface area contributed by atoms with Gasteiger partial charge in [-0.1, -0.05) is 29.3 Å². The lowest BCUT2D eigenvalue weighted by Gasteiger charge is -2.12. The van der Waals surface area contributed by atoms with E-state index >= 15 is 0 Å². The molecule has 124 valence electrons. The van der Waals surface area contributed by atoms with Crippen LogP contribution in [0.4, 0.5) is 4.79 Å². The van der Waals surface area contributed by atoms with Gasteiger partial charge in [0.2, 0.25) is 11.8 Å². The predicted octanol–water partition coefficient (Wildman–Crippen LogP) is 1.98. The number of urea groups is 1. The molecule has 0 spiro atoms. The van der Waals surface area contributed by atoms with Crippen LogP contribution in [0.5, 0.6) is 0 Å². The number of carbonyl (C=O) groups excluding carboxylic acids is 3. The van der Waals surface area contributed by atoms with Crippen molar-refractivity contribution in [3.8, 4) is 0 Å². The summed E-state index contributed by atoms with van der Waals surface area (Å²) in [5, 5.41) is 6.35. The summed E-state index contributed by atoms with van der Waals surface area (Å²) < 4.78 is 0. The van der Waals surface area contributed by atoms with E-state index in [2.05, 4.69) is 10.6 Å². The zero-order valence-corrected chi connectivity index (χ0v) is 13.9. The number of carbonyl (C=O) groups is 3. The molecule has 1 saturated heterocycles. The molecule has 2 rings (SSSR count). The van der Waals surface area contributed by atoms with E-state index in [-0.39, 0.29) is 31.3 Å². The Labute approximate surface area is 144 Å². The Morgan fingerprint density at radius 2 is 1.96 bits per heavy atom. The zero-order valence-electron chi connectivity index (χ0n) is 12.4. The first-order valence-electron chi connectivity index (χ1n) is 7.27. The normalized spacial score (nSPS) is 14.1. The summed E-state index contributed by atoms with van der Waals surface area (Å²) in [5.41, 5.74) is 0.801. The standard InChI is InChI=1S/C15H17Cl2N3O3/c16-11-3-1-4-12(17)10(11)6-7-18-13(21)5-2-8-20-14(22)9-19-15(20)23/h1,3-4H,2,5-9H2,(H,18,21)(H,19,23). The molecule has 1 fully saturated rings. The second-order valence-corrected chi connectivity index (χ2v) is 5.92. The van der Waals surface area contributed by atoms with Crippen LogP contribution in [0.2, 0.25) is 10.0 Å². The van der Waals surface area contributed by atoms with Crippen molar-refractivity contribution in [3.63, 3.8) is 0 Å². The maximum atomic E-state index is 11.8. The molecule has 4 amide bonds. The summed E-state index contributed by atoms with van der Waals surface area (Å²) in [6.45, 7) is 0.698. The molecule has 8 heteroatoms. The summed E-state index contributed by atoms with van der Waals surface area (Å²) >= 11 is 12.1. The maximum Gasteiger partial charge on any atom is 0.324 e. The number of amides is 4. The number of hydrogen-bond donors (Lipinski definition) is 2. The molecule has 1 aliphatic heterocycles. The number of halogens is 2. The van der Waals surface area contributed by atoms with Gasteiger partial charge in [0, 0.05) is 29.6 Å². The fourth-order valence-electron chi connectivity index (χ4n) is 2.27. The molecule has 6 nitrogen and oxygen atoms in total. The van der Waals surface area contributed by atoms with Gasteiger partial charge in [0.15, 0.2) is 0 Å². The van der Waals surface area contributed by atoms with Crippen molar-refractivity contribution < 1.29 is 14.4 Å². The minimum atomic E-state index is -0.399. The lowest BCUT2D eigenvalue weighted by molar-refractivity contribution is -0.126. The quantitative estimate of drug-likeness (QED) is 0.732. The molecule has 2 N–H and O–H groups in total. The summed E-state index contributed by atoms with van der Waals surface area (Å²) in [5.74, 6) is -0.399. The maximum absolute atomic E-state index is 11.8. The van der Waals surface area contributed by atoms with Gasteiger partial charge in [-0.2, -0.15) is 0 Å². The molecule has 0 unspecified atom stereocenters. The molecular formula is C15H17Cl2N3O3. The molecule has 0 radical (unpaired) electrons. The van der Waals surface area contributed by atoms with Gasteiger partial charge in [-0.15, -0.1) is 0 Å². The third-order valence-electron chi connectivity index (χ3n) is 3.48. The van der Waals surface area contributed by atoms with Crippen LogP contribution in [0, 0.1) is 0 Å². The predicted molar refractivity (Wildman–Crippen MR) is 87.5 cm³/mol. The first kappa shape index (κ1) is 17.6. The number of rotatable bonds is 7. The lowest BCUT2D eigenvalue weighted by Crippen LogP contribution is -2.33. The molecule has 1 aromatic carbocycles. The Kier molecular flexibility index (Phi) is 6.24. The van der Waals surface area contributed by atoms with Crippen LogP contribution in [0.25, 0.3) is 0 Å². The van der Waals surface area contributed by atoms with Crippen molar-refractivity contribution in [1.29, 1.82) is 0 Å². The van der Waals surface area contributed by atoms with E-state index in [9.17, 15) is 14.4 Å². The highest BCUT2D eigenvalue weighted by Crippen LogP contribution is 2.24. The van der Waals surface area contributed by atoms with E-state index in [1.54, 1.807) is 18.2 Å². The van der Waals surface area contributed by atoms with Crippen molar-refractivity contribution in [2.75, 3.05) is 19.6 Å². The molecule has 1 heterocycles. The summed E-state index contributed by atoms with van der Waals surface area (Å²) in [6, 6.07) is 4.87. The van der Waals surface area contributed by atoms with E-state index < -0.39 is 6.03 Å². The highest BCUT2D eigenvalue weighted by atomic mass is 35.5. The van der Waals surface area contributed by atoms with Crippen LogP contribution in [0.3, 0.4) is 0 Å². The fourth-order valence-corrected chi connectivity index (χ4v) is 2.85. The minimum absolute atomic E-state index is 0.0314. The Balaban J connectivity index is 1.67. The minimum Gasteiger partial charge on any atom is -0.356 e. The Morgan fingerprint density at radius 1 is 1.26 bits per heavy atom. The van der Waals surface area contributed by atoms with E-state index in [1.165, 1.54) is 0 Å². The van der Waals surface area contributed by atoms with Crippen molar-refractivity contribution in [2.24, 2.45) is 0 Å². The van der Waals surface area contributed by atoms with Crippen LogP contribution in [0.1, 0.15) is 18.4 Å². The number of hydrogen-bond acceptors (Lipinski definition) is 3. The highest BCUT2D eigenvalue weighted by Gasteiger charge is 2.27. The van der Waals surface area contributed by atoms with Gasteiger partial charge in [-0.25, -0.2) is 4.79 Å². The first-order valence-corrected chi connectivity index (χ1v) is 8.02. The largest absolute Gasteiger partial charge is 0.356 e. The Hall–Kier alpha value is -1.79. The molecule has 1 aromatic rings. The van der Waals surface area contributed by atoms with E-state index in [0.29, 0.717) is 29.4 Å². The van der Waals surface area contributed by atoms with Gasteiger partial charge in [0.1, 0.15) is 0 Å². The van der Waals surface area contributed by atoms with E-state index in [1.807, 2.05) is 0 Å². The fraction of sp³-hybridized carbons (Fsp3) is 0.400. The summed E-state index contributed by atoms with van der Waals surface area (Å²) in [7, 11) is 0. The number of nitrogens with one attached hydrogen (secondary N) is 2. The van der Waals surface area contributed by atoms with Crippen molar-refractivity contribution in [3.05, 3.63) is 33.8 Å². The third kappa shape index (κ3) is 4.84. The van der Waals surface area contributed by atoms with Gasteiger partial charge in [-0.3, -0.25) is 14.5 Å². The zero-order chi connectivity index (χ0) is 16.8. The van der Waals surface area contributed by atoms with Gasteiger partial charge in [0.05, 0.1) is 6.54 Å². The van der Waals surface area contributed by atoms with Gasteiger partial charge in [-0.05, 0) is 30.5 Å². The molecule has 1 aliphatic rings. The van der Waals surface area contributed by atoms with Crippen molar-refractivity contribution >= 4 is 41.0 Å². The van der Waals surface area contributed by atoms with Crippen molar-refractivity contribution in [2.45, 2.75) is 19.3 Å². The van der Waals surface area contributed by atoms with Gasteiger partial charge in [0.25, 0.3) is 0 Å². The lowest BCUT2D eigenvalue weighted by atomic mass is 10.1. The average Bonchev–Trinajstić information content (AvgIpc) is 2.82. The number of benzene rings is 1. The monoisotopic (exact) mass is 357 g/mol. The van der Waals surface area contributed by atoms with Crippen LogP contribution in [-0.4, -0.2) is 42.4 Å². The number of imide groups is 1. The van der Waals surface area contributed by atoms with Crippen molar-refractivity contribution in [1.82, 2.24) is 15.5 Å². The smallest absolute Gasteiger partial charge is 0.324 e. The Morgan fingerprint density at radius 3 is 2.57 bits per heavy atom. The molecule has 0 aliphatic carbocycles. The molecule has 0 atom stereocenters. The Bertz CT molecular complexity index is 586. The van der Waals surface area contributed by atoms with Gasteiger partial charge < -0.3 is 10.6 Å². The summed E-state index contributed by atoms with van der Waals surface area (Å²) in [4.78, 5) is 35.6. The second kappa shape index (κ2) is 8.17. The van der Waals surface area contributed by atoms with E-state index in [4.69, 9.17) is 23.2 Å². The van der Waals surface area contributed by atoms with Gasteiger partial charge >= 0.3 is 6.03 Å². The van der Waals surface area contributed by atoms with Crippen LogP contribution in [-0.2, 0) is 16.0 Å². The molecule has 23 heavy (non-hydrogen) atoms. The molecular weight excluding hydrogens is 341 g/mol. The molecule has 0 bridgehead atoms. The topological polar surface area (TPSA) is 78.5 Å². The first-order chi connectivity index (χ1) is 11.0. The van der Waals surface area contributed by atoms with E-state index in [0.717, 1.165) is 10.5 Å². The molecule has 0 aromatic heterocycles. The number of nitrogens with zero attached hydrogens (tertiary/aromatic N) is 1.